The Kier molecular flexibility index (Phi) is 4.50. The van der Waals surface area contributed by atoms with Gasteiger partial charge in [0.1, 0.15) is 0 Å². The Bertz CT molecular complexity index is 319. The smallest absolute Gasteiger partial charge is 0.0489 e. The van der Waals surface area contributed by atoms with Crippen molar-refractivity contribution >= 4 is 49.5 Å². The fourth-order valence-electron chi connectivity index (χ4n) is 0.873. The van der Waals surface area contributed by atoms with Gasteiger partial charge >= 0.3 is 0 Å². The van der Waals surface area contributed by atoms with Crippen molar-refractivity contribution in [1.82, 2.24) is 0 Å². The summed E-state index contributed by atoms with van der Waals surface area (Å²) in [6.07, 6.45) is 4.06. The van der Waals surface area contributed by atoms with Crippen molar-refractivity contribution < 1.29 is 0 Å². The van der Waals surface area contributed by atoms with Crippen molar-refractivity contribution in [1.29, 1.82) is 0 Å². The zero-order chi connectivity index (χ0) is 9.84. The summed E-state index contributed by atoms with van der Waals surface area (Å²) in [7, 11) is 0. The average molecular weight is 324 g/mol. The van der Waals surface area contributed by atoms with Gasteiger partial charge in [-0.2, -0.15) is 0 Å². The topological polar surface area (TPSA) is 0 Å². The maximum atomic E-state index is 6.02. The van der Waals surface area contributed by atoms with Gasteiger partial charge in [0.25, 0.3) is 0 Å². The van der Waals surface area contributed by atoms with Crippen LogP contribution < -0.4 is 0 Å². The molecule has 0 aliphatic rings. The Balaban J connectivity index is 2.90. The van der Waals surface area contributed by atoms with E-state index in [-0.39, 0.29) is 0 Å². The molecule has 1 aromatic rings. The van der Waals surface area contributed by atoms with Crippen molar-refractivity contribution in [3.05, 3.63) is 39.3 Å². The summed E-state index contributed by atoms with van der Waals surface area (Å²) in [6.45, 7) is 2.06. The average Bonchev–Trinajstić information content (AvgIpc) is 2.02. The summed E-state index contributed by atoms with van der Waals surface area (Å²) >= 11 is 12.8. The van der Waals surface area contributed by atoms with Gasteiger partial charge < -0.3 is 0 Å². The molecule has 0 aliphatic heterocycles. The number of benzene rings is 1. The highest BCUT2D eigenvalue weighted by Gasteiger charge is 1.97. The molecule has 0 radical (unpaired) electrons. The number of alkyl halides is 1. The van der Waals surface area contributed by atoms with Gasteiger partial charge in [0, 0.05) is 14.3 Å². The number of halogens is 3. The molecule has 0 fully saturated rings. The third kappa shape index (κ3) is 3.84. The minimum Gasteiger partial charge on any atom is -0.0848 e. The predicted octanol–water partition coefficient (Wildman–Crippen LogP) is 4.90. The van der Waals surface area contributed by atoms with E-state index >= 15 is 0 Å². The number of rotatable bonds is 2. The number of hydrogen-bond donors (Lipinski definition) is 0. The van der Waals surface area contributed by atoms with Gasteiger partial charge in [-0.25, -0.2) is 0 Å². The molecule has 0 nitrogen and oxygen atoms in total. The van der Waals surface area contributed by atoms with Crippen LogP contribution in [0.5, 0.6) is 0 Å². The lowest BCUT2D eigenvalue weighted by atomic mass is 10.2. The Hall–Kier alpha value is 0.210. The van der Waals surface area contributed by atoms with Crippen molar-refractivity contribution in [2.75, 3.05) is 0 Å². The molecule has 3 heteroatoms. The van der Waals surface area contributed by atoms with Crippen molar-refractivity contribution in [3.63, 3.8) is 0 Å². The van der Waals surface area contributed by atoms with E-state index in [1.807, 2.05) is 24.3 Å². The molecular formula is C10H9Br2Cl. The van der Waals surface area contributed by atoms with Crippen LogP contribution in [0.2, 0.25) is 5.02 Å². The van der Waals surface area contributed by atoms with Gasteiger partial charge in [-0.05, 0) is 24.6 Å². The van der Waals surface area contributed by atoms with Crippen LogP contribution in [0.25, 0.3) is 6.08 Å². The first-order valence-corrected chi connectivity index (χ1v) is 5.95. The van der Waals surface area contributed by atoms with E-state index in [1.165, 1.54) is 0 Å². The Labute approximate surface area is 100 Å². The third-order valence-electron chi connectivity index (χ3n) is 1.50. The molecule has 1 unspecified atom stereocenters. The highest BCUT2D eigenvalue weighted by Crippen LogP contribution is 2.22. The van der Waals surface area contributed by atoms with Crippen LogP contribution in [0.4, 0.5) is 0 Å². The molecule has 0 heterocycles. The molecule has 0 saturated heterocycles. The SMILES string of the molecule is CC(Br)/C=C/c1ccc(Br)cc1Cl. The molecule has 0 spiro atoms. The molecule has 0 aliphatic carbocycles. The lowest BCUT2D eigenvalue weighted by Crippen LogP contribution is -1.81. The third-order valence-corrected chi connectivity index (χ3v) is 2.63. The van der Waals surface area contributed by atoms with E-state index in [0.29, 0.717) is 4.83 Å². The highest BCUT2D eigenvalue weighted by molar-refractivity contribution is 9.10. The molecule has 0 bridgehead atoms. The number of allylic oxidation sites excluding steroid dienone is 1. The summed E-state index contributed by atoms with van der Waals surface area (Å²) in [5.41, 5.74) is 1.04. The summed E-state index contributed by atoms with van der Waals surface area (Å²) < 4.78 is 1.00. The molecule has 70 valence electrons. The first-order chi connectivity index (χ1) is 6.09. The van der Waals surface area contributed by atoms with E-state index in [2.05, 4.69) is 44.9 Å². The van der Waals surface area contributed by atoms with E-state index in [1.54, 1.807) is 0 Å². The Morgan fingerprint density at radius 2 is 2.15 bits per heavy atom. The second-order valence-electron chi connectivity index (χ2n) is 2.70. The largest absolute Gasteiger partial charge is 0.0848 e. The van der Waals surface area contributed by atoms with Crippen LogP contribution in [0.15, 0.2) is 28.7 Å². The highest BCUT2D eigenvalue weighted by atomic mass is 79.9. The molecule has 0 saturated carbocycles. The van der Waals surface area contributed by atoms with Gasteiger partial charge in [0.05, 0.1) is 0 Å². The van der Waals surface area contributed by atoms with Gasteiger partial charge in [-0.15, -0.1) is 0 Å². The molecular weight excluding hydrogens is 315 g/mol. The van der Waals surface area contributed by atoms with Crippen LogP contribution >= 0.6 is 43.5 Å². The zero-order valence-electron chi connectivity index (χ0n) is 7.10. The molecule has 1 rings (SSSR count). The summed E-state index contributed by atoms with van der Waals surface area (Å²) in [5.74, 6) is 0. The lowest BCUT2D eigenvalue weighted by Gasteiger charge is -1.99. The molecule has 0 aromatic heterocycles. The quantitative estimate of drug-likeness (QED) is 0.679. The molecule has 13 heavy (non-hydrogen) atoms. The van der Waals surface area contributed by atoms with Gasteiger partial charge in [-0.1, -0.05) is 61.7 Å². The minimum absolute atomic E-state index is 0.368. The van der Waals surface area contributed by atoms with Crippen LogP contribution in [0.3, 0.4) is 0 Å². The van der Waals surface area contributed by atoms with Gasteiger partial charge in [-0.3, -0.25) is 0 Å². The first-order valence-electron chi connectivity index (χ1n) is 3.87. The van der Waals surface area contributed by atoms with Crippen molar-refractivity contribution in [2.45, 2.75) is 11.8 Å². The molecule has 0 amide bonds. The van der Waals surface area contributed by atoms with E-state index in [9.17, 15) is 0 Å². The first kappa shape index (κ1) is 11.3. The van der Waals surface area contributed by atoms with Crippen LogP contribution in [0.1, 0.15) is 12.5 Å². The van der Waals surface area contributed by atoms with Gasteiger partial charge in [0.2, 0.25) is 0 Å². The normalized spacial score (nSPS) is 13.5. The molecule has 1 aromatic carbocycles. The maximum absolute atomic E-state index is 6.02. The van der Waals surface area contributed by atoms with Crippen molar-refractivity contribution in [2.24, 2.45) is 0 Å². The van der Waals surface area contributed by atoms with E-state index in [0.717, 1.165) is 15.1 Å². The molecule has 1 atom stereocenters. The summed E-state index contributed by atoms with van der Waals surface area (Å²) in [4.78, 5) is 0.368. The predicted molar refractivity (Wildman–Crippen MR) is 66.6 cm³/mol. The summed E-state index contributed by atoms with van der Waals surface area (Å²) in [6, 6.07) is 5.85. The fourth-order valence-corrected chi connectivity index (χ4v) is 1.76. The van der Waals surface area contributed by atoms with Crippen molar-refractivity contribution in [3.8, 4) is 0 Å². The van der Waals surface area contributed by atoms with Crippen LogP contribution in [-0.2, 0) is 0 Å². The maximum Gasteiger partial charge on any atom is 0.0489 e. The molecule has 0 N–H and O–H groups in total. The summed E-state index contributed by atoms with van der Waals surface area (Å²) in [5, 5.41) is 0.763. The van der Waals surface area contributed by atoms with Crippen LogP contribution in [-0.4, -0.2) is 4.83 Å². The fraction of sp³-hybridized carbons (Fsp3) is 0.200. The Morgan fingerprint density at radius 1 is 1.46 bits per heavy atom. The zero-order valence-corrected chi connectivity index (χ0v) is 11.0. The number of hydrogen-bond acceptors (Lipinski definition) is 0. The van der Waals surface area contributed by atoms with Gasteiger partial charge in [0.15, 0.2) is 0 Å². The lowest BCUT2D eigenvalue weighted by molar-refractivity contribution is 1.28. The van der Waals surface area contributed by atoms with Crippen LogP contribution in [0, 0.1) is 0 Å². The minimum atomic E-state index is 0.368. The van der Waals surface area contributed by atoms with E-state index in [4.69, 9.17) is 11.6 Å². The second kappa shape index (κ2) is 5.18. The van der Waals surface area contributed by atoms with E-state index < -0.39 is 0 Å². The Morgan fingerprint density at radius 3 is 2.69 bits per heavy atom. The second-order valence-corrected chi connectivity index (χ2v) is 5.47. The standard InChI is InChI=1S/C10H9Br2Cl/c1-7(11)2-3-8-4-5-9(12)6-10(8)13/h2-7H,1H3/b3-2+. The monoisotopic (exact) mass is 322 g/mol.